The van der Waals surface area contributed by atoms with Crippen LogP contribution >= 0.6 is 0 Å². The van der Waals surface area contributed by atoms with E-state index in [9.17, 15) is 4.55 Å². The van der Waals surface area contributed by atoms with Crippen LogP contribution in [0.15, 0.2) is 48.8 Å². The summed E-state index contributed by atoms with van der Waals surface area (Å²) >= 11 is -1.22. The van der Waals surface area contributed by atoms with E-state index < -0.39 is 16.9 Å². The molecule has 3 rings (SSSR count). The molecule has 0 bridgehead atoms. The van der Waals surface area contributed by atoms with Crippen LogP contribution in [-0.4, -0.2) is 14.3 Å². The minimum atomic E-state index is -1.22. The van der Waals surface area contributed by atoms with Crippen LogP contribution in [0.2, 0.25) is 0 Å². The number of nitrogens with one attached hydrogen (secondary N) is 1. The molecule has 2 aromatic rings. The van der Waals surface area contributed by atoms with Gasteiger partial charge in [0, 0.05) is 29.4 Å². The van der Waals surface area contributed by atoms with Crippen molar-refractivity contribution in [2.75, 3.05) is 5.73 Å². The fourth-order valence-corrected chi connectivity index (χ4v) is 4.16. The highest BCUT2D eigenvalue weighted by Crippen LogP contribution is 2.42. The molecule has 1 aromatic heterocycles. The number of pyridine rings is 1. The van der Waals surface area contributed by atoms with E-state index in [1.807, 2.05) is 51.1 Å². The molecular weight excluding hydrogens is 342 g/mol. The van der Waals surface area contributed by atoms with E-state index in [1.165, 1.54) is 12.8 Å². The summed E-state index contributed by atoms with van der Waals surface area (Å²) in [4.78, 5) is 4.18. The van der Waals surface area contributed by atoms with Gasteiger partial charge in [-0.25, -0.2) is 0 Å². The molecule has 0 aliphatic heterocycles. The van der Waals surface area contributed by atoms with Crippen LogP contribution in [-0.2, 0) is 16.9 Å². The zero-order chi connectivity index (χ0) is 18.8. The van der Waals surface area contributed by atoms with Gasteiger partial charge in [0.25, 0.3) is 0 Å². The smallest absolute Gasteiger partial charge is 0.136 e. The minimum Gasteiger partial charge on any atom is -0.598 e. The van der Waals surface area contributed by atoms with Crippen molar-refractivity contribution in [3.8, 4) is 0 Å². The number of anilines is 1. The Bertz CT molecular complexity index is 728. The summed E-state index contributed by atoms with van der Waals surface area (Å²) in [6.45, 7) is 5.98. The summed E-state index contributed by atoms with van der Waals surface area (Å²) in [5.74, 6) is 0.780. The van der Waals surface area contributed by atoms with Crippen molar-refractivity contribution in [1.29, 1.82) is 0 Å². The molecule has 0 saturated heterocycles. The molecule has 5 heteroatoms. The number of hydrogen-bond donors (Lipinski definition) is 2. The van der Waals surface area contributed by atoms with Gasteiger partial charge in [0.05, 0.1) is 0 Å². The van der Waals surface area contributed by atoms with Gasteiger partial charge in [0.1, 0.15) is 10.3 Å². The first kappa shape index (κ1) is 19.2. The third-order valence-electron chi connectivity index (χ3n) is 5.00. The van der Waals surface area contributed by atoms with Crippen molar-refractivity contribution < 1.29 is 4.55 Å². The Morgan fingerprint density at radius 1 is 1.15 bits per heavy atom. The van der Waals surface area contributed by atoms with E-state index in [2.05, 4.69) is 15.8 Å². The summed E-state index contributed by atoms with van der Waals surface area (Å²) in [7, 11) is 0. The molecule has 1 aliphatic rings. The lowest BCUT2D eigenvalue weighted by molar-refractivity contribution is 0.401. The quantitative estimate of drug-likeness (QED) is 0.566. The van der Waals surface area contributed by atoms with Gasteiger partial charge in [0.2, 0.25) is 0 Å². The number of nitrogens with two attached hydrogens (primary N) is 1. The Hall–Kier alpha value is -1.56. The van der Waals surface area contributed by atoms with Crippen molar-refractivity contribution in [3.63, 3.8) is 0 Å². The average molecular weight is 372 g/mol. The predicted molar refractivity (Wildman–Crippen MR) is 109 cm³/mol. The highest BCUT2D eigenvalue weighted by Gasteiger charge is 2.43. The van der Waals surface area contributed by atoms with Crippen LogP contribution in [0.25, 0.3) is 0 Å². The summed E-state index contributed by atoms with van der Waals surface area (Å²) in [6.07, 6.45) is 8.18. The molecule has 1 aliphatic carbocycles. The summed E-state index contributed by atoms with van der Waals surface area (Å²) in [6, 6.07) is 12.0. The Morgan fingerprint density at radius 2 is 1.85 bits per heavy atom. The maximum atomic E-state index is 13.1. The summed E-state index contributed by atoms with van der Waals surface area (Å²) in [5.41, 5.74) is 8.42. The molecule has 4 nitrogen and oxygen atoms in total. The lowest BCUT2D eigenvalue weighted by atomic mass is 9.79. The number of rotatable bonds is 7. The second-order valence-electron chi connectivity index (χ2n) is 8.23. The zero-order valence-electron chi connectivity index (χ0n) is 15.9. The monoisotopic (exact) mass is 371 g/mol. The van der Waals surface area contributed by atoms with Crippen LogP contribution in [0, 0.1) is 5.92 Å². The standard InChI is InChI=1S/C21H29N3OS/c1-20(2,3)26(25)24-21(12-9-16-7-8-16,17-10-13-23-14-11-17)18-5-4-6-19(22)15-18/h4-6,10-11,13-16,24H,7-9,12,22H2,1-3H3/t21-,26?/m0/s1. The Morgan fingerprint density at radius 3 is 2.42 bits per heavy atom. The molecule has 1 aromatic carbocycles. The number of benzene rings is 1. The average Bonchev–Trinajstić information content (AvgIpc) is 3.43. The Labute approximate surface area is 159 Å². The second-order valence-corrected chi connectivity index (χ2v) is 10.2. The molecular formula is C21H29N3OS. The normalized spacial score (nSPS) is 18.3. The van der Waals surface area contributed by atoms with Crippen molar-refractivity contribution in [2.24, 2.45) is 5.92 Å². The van der Waals surface area contributed by atoms with Crippen LogP contribution in [0.5, 0.6) is 0 Å². The molecule has 1 fully saturated rings. The minimum absolute atomic E-state index is 0.363. The summed E-state index contributed by atoms with van der Waals surface area (Å²) < 4.78 is 16.3. The Kier molecular flexibility index (Phi) is 5.61. The number of hydrogen-bond acceptors (Lipinski definition) is 4. The van der Waals surface area contributed by atoms with E-state index in [-0.39, 0.29) is 4.75 Å². The Balaban J connectivity index is 2.09. The molecule has 3 N–H and O–H groups in total. The van der Waals surface area contributed by atoms with Crippen LogP contribution < -0.4 is 10.5 Å². The maximum absolute atomic E-state index is 13.1. The third kappa shape index (κ3) is 4.40. The first-order valence-electron chi connectivity index (χ1n) is 9.27. The molecule has 0 spiro atoms. The van der Waals surface area contributed by atoms with Crippen molar-refractivity contribution in [1.82, 2.24) is 9.71 Å². The largest absolute Gasteiger partial charge is 0.598 e. The highest BCUT2D eigenvalue weighted by molar-refractivity contribution is 7.90. The SMILES string of the molecule is CC(C)(C)[S+]([O-])N[C@@](CCC1CC1)(c1ccncc1)c1cccc(N)c1. The van der Waals surface area contributed by atoms with Gasteiger partial charge in [0.15, 0.2) is 0 Å². The summed E-state index contributed by atoms with van der Waals surface area (Å²) in [5, 5.41) is 0. The first-order valence-corrected chi connectivity index (χ1v) is 10.4. The van der Waals surface area contributed by atoms with Crippen molar-refractivity contribution in [3.05, 3.63) is 59.9 Å². The van der Waals surface area contributed by atoms with Gasteiger partial charge >= 0.3 is 0 Å². The van der Waals surface area contributed by atoms with E-state index in [0.717, 1.165) is 35.6 Å². The van der Waals surface area contributed by atoms with Crippen LogP contribution in [0.1, 0.15) is 57.6 Å². The molecule has 0 amide bonds. The van der Waals surface area contributed by atoms with E-state index in [4.69, 9.17) is 5.73 Å². The lowest BCUT2D eigenvalue weighted by Gasteiger charge is -2.38. The van der Waals surface area contributed by atoms with Crippen LogP contribution in [0.4, 0.5) is 5.69 Å². The fourth-order valence-electron chi connectivity index (χ4n) is 3.20. The maximum Gasteiger partial charge on any atom is 0.136 e. The number of nitrogen functional groups attached to an aromatic ring is 1. The van der Waals surface area contributed by atoms with E-state index in [1.54, 1.807) is 12.4 Å². The molecule has 140 valence electrons. The predicted octanol–water partition coefficient (Wildman–Crippen LogP) is 4.15. The third-order valence-corrected chi connectivity index (χ3v) is 6.65. The highest BCUT2D eigenvalue weighted by atomic mass is 32.2. The topological polar surface area (TPSA) is 74.0 Å². The van der Waals surface area contributed by atoms with Crippen molar-refractivity contribution in [2.45, 2.75) is 56.7 Å². The van der Waals surface area contributed by atoms with Gasteiger partial charge in [-0.2, -0.15) is 0 Å². The molecule has 1 unspecified atom stereocenters. The molecule has 26 heavy (non-hydrogen) atoms. The van der Waals surface area contributed by atoms with Crippen molar-refractivity contribution >= 4 is 17.0 Å². The van der Waals surface area contributed by atoms with E-state index >= 15 is 0 Å². The van der Waals surface area contributed by atoms with E-state index in [0.29, 0.717) is 0 Å². The molecule has 0 radical (unpaired) electrons. The second kappa shape index (κ2) is 7.59. The molecule has 2 atom stereocenters. The van der Waals surface area contributed by atoms with Gasteiger partial charge in [-0.1, -0.05) is 25.0 Å². The van der Waals surface area contributed by atoms with Gasteiger partial charge < -0.3 is 10.3 Å². The molecule has 1 heterocycles. The number of nitrogens with zero attached hydrogens (tertiary/aromatic N) is 1. The fraction of sp³-hybridized carbons (Fsp3) is 0.476. The lowest BCUT2D eigenvalue weighted by Crippen LogP contribution is -2.52. The number of aromatic nitrogens is 1. The first-order chi connectivity index (χ1) is 12.3. The van der Waals surface area contributed by atoms with Gasteiger partial charge in [-0.15, -0.1) is 4.72 Å². The molecule has 1 saturated carbocycles. The van der Waals surface area contributed by atoms with Crippen LogP contribution in [0.3, 0.4) is 0 Å². The van der Waals surface area contributed by atoms with Gasteiger partial charge in [-0.3, -0.25) is 4.98 Å². The van der Waals surface area contributed by atoms with Gasteiger partial charge in [-0.05, 0) is 74.9 Å². The zero-order valence-corrected chi connectivity index (χ0v) is 16.7.